The molecule has 0 unspecified atom stereocenters. The second kappa shape index (κ2) is 6.45. The standard InChI is InChI=1S/C15H28N2O.ClH/c1-14(2)7-6-11-17(12-10-14)13(18)15(16)8-4-3-5-9-15;/h3-12,16H2,1-2H3;1H. The van der Waals surface area contributed by atoms with Gasteiger partial charge in [0.1, 0.15) is 0 Å². The van der Waals surface area contributed by atoms with Gasteiger partial charge in [0, 0.05) is 13.1 Å². The molecule has 3 nitrogen and oxygen atoms in total. The summed E-state index contributed by atoms with van der Waals surface area (Å²) in [5, 5.41) is 0. The second-order valence-electron chi connectivity index (χ2n) is 7.03. The minimum Gasteiger partial charge on any atom is -0.341 e. The predicted molar refractivity (Wildman–Crippen MR) is 81.5 cm³/mol. The van der Waals surface area contributed by atoms with Crippen molar-refractivity contribution in [3.8, 4) is 0 Å². The van der Waals surface area contributed by atoms with E-state index in [1.165, 1.54) is 12.8 Å². The lowest BCUT2D eigenvalue weighted by Gasteiger charge is -2.36. The summed E-state index contributed by atoms with van der Waals surface area (Å²) in [4.78, 5) is 14.7. The highest BCUT2D eigenvalue weighted by molar-refractivity contribution is 5.86. The minimum atomic E-state index is -0.549. The third-order valence-corrected chi connectivity index (χ3v) is 4.80. The zero-order chi connectivity index (χ0) is 13.2. The van der Waals surface area contributed by atoms with Crippen LogP contribution in [0.1, 0.15) is 65.2 Å². The Bertz CT molecular complexity index is 311. The van der Waals surface area contributed by atoms with Crippen molar-refractivity contribution in [3.05, 3.63) is 0 Å². The first-order chi connectivity index (χ1) is 8.43. The van der Waals surface area contributed by atoms with Gasteiger partial charge in [0.15, 0.2) is 0 Å². The molecular weight excluding hydrogens is 260 g/mol. The van der Waals surface area contributed by atoms with Gasteiger partial charge in [0.2, 0.25) is 5.91 Å². The summed E-state index contributed by atoms with van der Waals surface area (Å²) >= 11 is 0. The first-order valence-corrected chi connectivity index (χ1v) is 7.51. The Morgan fingerprint density at radius 1 is 0.947 bits per heavy atom. The van der Waals surface area contributed by atoms with E-state index in [0.29, 0.717) is 5.41 Å². The molecule has 0 radical (unpaired) electrons. The molecule has 0 aromatic rings. The van der Waals surface area contributed by atoms with E-state index in [4.69, 9.17) is 5.73 Å². The Balaban J connectivity index is 0.00000180. The highest BCUT2D eigenvalue weighted by Gasteiger charge is 2.39. The highest BCUT2D eigenvalue weighted by Crippen LogP contribution is 2.32. The summed E-state index contributed by atoms with van der Waals surface area (Å²) in [6.45, 7) is 6.41. The first kappa shape index (κ1) is 16.8. The van der Waals surface area contributed by atoms with E-state index in [2.05, 4.69) is 13.8 Å². The van der Waals surface area contributed by atoms with Gasteiger partial charge in [0.05, 0.1) is 5.54 Å². The lowest BCUT2D eigenvalue weighted by atomic mass is 9.81. The van der Waals surface area contributed by atoms with Crippen LogP contribution in [-0.4, -0.2) is 29.4 Å². The molecule has 1 aliphatic heterocycles. The van der Waals surface area contributed by atoms with Gasteiger partial charge in [-0.15, -0.1) is 12.4 Å². The van der Waals surface area contributed by atoms with E-state index in [0.717, 1.165) is 51.6 Å². The fraction of sp³-hybridized carbons (Fsp3) is 0.933. The second-order valence-corrected chi connectivity index (χ2v) is 7.03. The Labute approximate surface area is 123 Å². The molecule has 0 aromatic carbocycles. The van der Waals surface area contributed by atoms with E-state index < -0.39 is 5.54 Å². The molecule has 19 heavy (non-hydrogen) atoms. The zero-order valence-corrected chi connectivity index (χ0v) is 13.2. The Kier molecular flexibility index (Phi) is 5.69. The molecule has 4 heteroatoms. The summed E-state index contributed by atoms with van der Waals surface area (Å²) in [7, 11) is 0. The van der Waals surface area contributed by atoms with Crippen LogP contribution in [0.2, 0.25) is 0 Å². The summed E-state index contributed by atoms with van der Waals surface area (Å²) < 4.78 is 0. The number of nitrogens with zero attached hydrogens (tertiary/aromatic N) is 1. The van der Waals surface area contributed by atoms with Crippen LogP contribution in [0.25, 0.3) is 0 Å². The molecule has 1 aliphatic carbocycles. The minimum absolute atomic E-state index is 0. The topological polar surface area (TPSA) is 46.3 Å². The fourth-order valence-electron chi connectivity index (χ4n) is 3.34. The summed E-state index contributed by atoms with van der Waals surface area (Å²) in [6, 6.07) is 0. The molecule has 0 bridgehead atoms. The zero-order valence-electron chi connectivity index (χ0n) is 12.4. The molecule has 2 N–H and O–H groups in total. The maximum absolute atomic E-state index is 12.6. The molecule has 112 valence electrons. The van der Waals surface area contributed by atoms with Crippen LogP contribution in [-0.2, 0) is 4.79 Å². The van der Waals surface area contributed by atoms with Crippen molar-refractivity contribution in [1.82, 2.24) is 4.90 Å². The third-order valence-electron chi connectivity index (χ3n) is 4.80. The van der Waals surface area contributed by atoms with Crippen LogP contribution in [0, 0.1) is 5.41 Å². The summed E-state index contributed by atoms with van der Waals surface area (Å²) in [5.74, 6) is 0.222. The van der Waals surface area contributed by atoms with Gasteiger partial charge in [-0.3, -0.25) is 4.79 Å². The summed E-state index contributed by atoms with van der Waals surface area (Å²) in [6.07, 6.45) is 8.66. The number of halogens is 1. The largest absolute Gasteiger partial charge is 0.341 e. The van der Waals surface area contributed by atoms with Crippen LogP contribution in [0.5, 0.6) is 0 Å². The molecule has 0 spiro atoms. The summed E-state index contributed by atoms with van der Waals surface area (Å²) in [5.41, 5.74) is 6.19. The number of carbonyl (C=O) groups excluding carboxylic acids is 1. The average Bonchev–Trinajstić information content (AvgIpc) is 2.50. The van der Waals surface area contributed by atoms with E-state index >= 15 is 0 Å². The lowest BCUT2D eigenvalue weighted by Crippen LogP contribution is -2.56. The molecular formula is C15H29ClN2O. The van der Waals surface area contributed by atoms with Crippen LogP contribution in [0.15, 0.2) is 0 Å². The number of hydrogen-bond acceptors (Lipinski definition) is 2. The van der Waals surface area contributed by atoms with Crippen LogP contribution < -0.4 is 5.73 Å². The van der Waals surface area contributed by atoms with Crippen molar-refractivity contribution < 1.29 is 4.79 Å². The van der Waals surface area contributed by atoms with E-state index in [9.17, 15) is 4.79 Å². The monoisotopic (exact) mass is 288 g/mol. The maximum Gasteiger partial charge on any atom is 0.242 e. The quantitative estimate of drug-likeness (QED) is 0.806. The number of nitrogens with two attached hydrogens (primary N) is 1. The molecule has 0 aromatic heterocycles. The van der Waals surface area contributed by atoms with Gasteiger partial charge in [0.25, 0.3) is 0 Å². The lowest BCUT2D eigenvalue weighted by molar-refractivity contribution is -0.138. The Hall–Kier alpha value is -0.280. The molecule has 2 aliphatic rings. The van der Waals surface area contributed by atoms with Crippen molar-refractivity contribution >= 4 is 18.3 Å². The van der Waals surface area contributed by atoms with Gasteiger partial charge < -0.3 is 10.6 Å². The third kappa shape index (κ3) is 4.09. The number of hydrogen-bond donors (Lipinski definition) is 1. The molecule has 2 fully saturated rings. The van der Waals surface area contributed by atoms with Crippen LogP contribution in [0.4, 0.5) is 0 Å². The predicted octanol–water partition coefficient (Wildman–Crippen LogP) is 3.11. The van der Waals surface area contributed by atoms with Gasteiger partial charge >= 0.3 is 0 Å². The van der Waals surface area contributed by atoms with E-state index in [-0.39, 0.29) is 18.3 Å². The van der Waals surface area contributed by atoms with E-state index in [1.807, 2.05) is 4.90 Å². The van der Waals surface area contributed by atoms with Gasteiger partial charge in [-0.1, -0.05) is 33.1 Å². The fourth-order valence-corrected chi connectivity index (χ4v) is 3.34. The van der Waals surface area contributed by atoms with Gasteiger partial charge in [-0.25, -0.2) is 0 Å². The van der Waals surface area contributed by atoms with Crippen molar-refractivity contribution in [2.45, 2.75) is 70.8 Å². The van der Waals surface area contributed by atoms with E-state index in [1.54, 1.807) is 0 Å². The smallest absolute Gasteiger partial charge is 0.242 e. The normalized spacial score (nSPS) is 26.2. The number of likely N-dealkylation sites (tertiary alicyclic amines) is 1. The maximum atomic E-state index is 12.6. The van der Waals surface area contributed by atoms with Crippen LogP contribution >= 0.6 is 12.4 Å². The highest BCUT2D eigenvalue weighted by atomic mass is 35.5. The Morgan fingerprint density at radius 2 is 1.58 bits per heavy atom. The van der Waals surface area contributed by atoms with Crippen molar-refractivity contribution in [2.75, 3.05) is 13.1 Å². The van der Waals surface area contributed by atoms with Gasteiger partial charge in [-0.05, 0) is 37.5 Å². The molecule has 1 saturated heterocycles. The molecule has 1 saturated carbocycles. The van der Waals surface area contributed by atoms with Crippen LogP contribution in [0.3, 0.4) is 0 Å². The first-order valence-electron chi connectivity index (χ1n) is 7.51. The van der Waals surface area contributed by atoms with Crippen molar-refractivity contribution in [3.63, 3.8) is 0 Å². The number of rotatable bonds is 1. The van der Waals surface area contributed by atoms with Gasteiger partial charge in [-0.2, -0.15) is 0 Å². The molecule has 1 heterocycles. The number of amides is 1. The number of carbonyl (C=O) groups is 1. The molecule has 1 amide bonds. The Morgan fingerprint density at radius 3 is 2.21 bits per heavy atom. The average molecular weight is 289 g/mol. The van der Waals surface area contributed by atoms with Crippen molar-refractivity contribution in [2.24, 2.45) is 11.1 Å². The van der Waals surface area contributed by atoms with Crippen molar-refractivity contribution in [1.29, 1.82) is 0 Å². The molecule has 2 rings (SSSR count). The molecule has 0 atom stereocenters. The SMILES string of the molecule is CC1(C)CCCN(C(=O)C2(N)CCCCC2)CC1.Cl.